The molecule has 8 nitrogen and oxygen atoms in total. The number of nitrogens with two attached hydrogens (primary N) is 1. The van der Waals surface area contributed by atoms with Crippen molar-refractivity contribution in [3.8, 4) is 11.4 Å². The molecule has 0 fully saturated rings. The number of hydrogen-bond donors (Lipinski definition) is 1. The molecule has 0 aliphatic heterocycles. The summed E-state index contributed by atoms with van der Waals surface area (Å²) in [6.45, 7) is 0.285. The smallest absolute Gasteiger partial charge is 0.369 e. The van der Waals surface area contributed by atoms with E-state index in [1.54, 1.807) is 25.9 Å². The maximum Gasteiger partial charge on any atom is 0.408 e. The largest absolute Gasteiger partial charge is 0.408 e. The fraction of sp³-hybridized carbons (Fsp3) is 0.462. The van der Waals surface area contributed by atoms with E-state index in [2.05, 4.69) is 20.1 Å². The summed E-state index contributed by atoms with van der Waals surface area (Å²) in [7, 11) is 3.48. The summed E-state index contributed by atoms with van der Waals surface area (Å²) in [6, 6.07) is 0. The van der Waals surface area contributed by atoms with Crippen LogP contribution in [-0.4, -0.2) is 50.9 Å². The predicted molar refractivity (Wildman–Crippen MR) is 79.1 cm³/mol. The number of rotatable bonds is 5. The van der Waals surface area contributed by atoms with Crippen molar-refractivity contribution in [2.24, 2.45) is 5.73 Å². The third-order valence-corrected chi connectivity index (χ3v) is 2.98. The van der Waals surface area contributed by atoms with Gasteiger partial charge in [0.15, 0.2) is 11.6 Å². The lowest BCUT2D eigenvalue weighted by Gasteiger charge is -2.13. The maximum absolute atomic E-state index is 12.8. The molecule has 0 aliphatic carbocycles. The van der Waals surface area contributed by atoms with Gasteiger partial charge in [0.2, 0.25) is 11.9 Å². The van der Waals surface area contributed by atoms with Gasteiger partial charge in [-0.2, -0.15) is 18.3 Å². The zero-order valence-corrected chi connectivity index (χ0v) is 13.3. The topological polar surface area (TPSA) is 103 Å². The van der Waals surface area contributed by atoms with Crippen molar-refractivity contribution in [3.63, 3.8) is 0 Å². The van der Waals surface area contributed by atoms with Crippen LogP contribution in [-0.2, 0) is 17.8 Å². The molecule has 0 atom stereocenters. The highest BCUT2D eigenvalue weighted by Gasteiger charge is 2.31. The minimum absolute atomic E-state index is 0.0635. The number of amides is 1. The Hall–Kier alpha value is -2.72. The molecule has 0 radical (unpaired) electrons. The average molecular weight is 343 g/mol. The standard InChI is InChI=1S/C13H16F3N7O/c1-7-8(5-18-12(19-7)22(2)3)11-20-10(4-9(17)24)21-23(11)6-13(14,15)16/h5H,4,6H2,1-3H3,(H2,17,24). The second kappa shape index (κ2) is 6.42. The Labute approximate surface area is 135 Å². The van der Waals surface area contributed by atoms with Crippen molar-refractivity contribution in [2.45, 2.75) is 26.1 Å². The lowest BCUT2D eigenvalue weighted by molar-refractivity contribution is -0.142. The normalized spacial score (nSPS) is 11.6. The summed E-state index contributed by atoms with van der Waals surface area (Å²) in [5, 5.41) is 3.73. The molecular formula is C13H16F3N7O. The van der Waals surface area contributed by atoms with Crippen LogP contribution in [0.3, 0.4) is 0 Å². The molecule has 130 valence electrons. The van der Waals surface area contributed by atoms with Crippen LogP contribution in [0.2, 0.25) is 0 Å². The Kier molecular flexibility index (Phi) is 4.71. The van der Waals surface area contributed by atoms with E-state index in [1.165, 1.54) is 6.20 Å². The lowest BCUT2D eigenvalue weighted by Crippen LogP contribution is -2.20. The van der Waals surface area contributed by atoms with E-state index in [9.17, 15) is 18.0 Å². The molecule has 0 unspecified atom stereocenters. The molecule has 0 aromatic carbocycles. The summed E-state index contributed by atoms with van der Waals surface area (Å²) in [4.78, 5) is 24.9. The molecular weight excluding hydrogens is 327 g/mol. The van der Waals surface area contributed by atoms with E-state index in [4.69, 9.17) is 5.73 Å². The Morgan fingerprint density at radius 1 is 1.33 bits per heavy atom. The average Bonchev–Trinajstić information content (AvgIpc) is 2.77. The van der Waals surface area contributed by atoms with Crippen LogP contribution < -0.4 is 10.6 Å². The highest BCUT2D eigenvalue weighted by Crippen LogP contribution is 2.25. The molecule has 11 heteroatoms. The van der Waals surface area contributed by atoms with Crippen molar-refractivity contribution >= 4 is 11.9 Å². The number of carbonyl (C=O) groups excluding carboxylic acids is 1. The monoisotopic (exact) mass is 343 g/mol. The predicted octanol–water partition coefficient (Wildman–Crippen LogP) is 0.700. The van der Waals surface area contributed by atoms with Crippen molar-refractivity contribution in [1.29, 1.82) is 0 Å². The first-order valence-electron chi connectivity index (χ1n) is 6.87. The highest BCUT2D eigenvalue weighted by atomic mass is 19.4. The van der Waals surface area contributed by atoms with E-state index in [0.29, 0.717) is 21.9 Å². The van der Waals surface area contributed by atoms with E-state index in [1.807, 2.05) is 0 Å². The number of nitrogens with zero attached hydrogens (tertiary/aromatic N) is 6. The zero-order valence-electron chi connectivity index (χ0n) is 13.3. The van der Waals surface area contributed by atoms with Gasteiger partial charge in [-0.1, -0.05) is 0 Å². The highest BCUT2D eigenvalue weighted by molar-refractivity contribution is 5.75. The van der Waals surface area contributed by atoms with Crippen molar-refractivity contribution < 1.29 is 18.0 Å². The van der Waals surface area contributed by atoms with Gasteiger partial charge in [-0.3, -0.25) is 4.79 Å². The molecule has 0 bridgehead atoms. The third kappa shape index (κ3) is 4.18. The van der Waals surface area contributed by atoms with Crippen LogP contribution in [0.15, 0.2) is 6.20 Å². The molecule has 1 amide bonds. The van der Waals surface area contributed by atoms with E-state index in [-0.39, 0.29) is 18.1 Å². The first kappa shape index (κ1) is 17.6. The number of carbonyl (C=O) groups is 1. The molecule has 2 N–H and O–H groups in total. The van der Waals surface area contributed by atoms with Gasteiger partial charge in [-0.05, 0) is 6.92 Å². The van der Waals surface area contributed by atoms with Gasteiger partial charge in [0.05, 0.1) is 17.7 Å². The van der Waals surface area contributed by atoms with Gasteiger partial charge in [-0.25, -0.2) is 19.6 Å². The second-order valence-corrected chi connectivity index (χ2v) is 5.33. The van der Waals surface area contributed by atoms with Crippen LogP contribution in [0.5, 0.6) is 0 Å². The van der Waals surface area contributed by atoms with Gasteiger partial charge in [0.25, 0.3) is 0 Å². The van der Waals surface area contributed by atoms with Crippen LogP contribution in [0, 0.1) is 6.92 Å². The summed E-state index contributed by atoms with van der Waals surface area (Å²) in [5.74, 6) is -0.471. The van der Waals surface area contributed by atoms with Crippen LogP contribution in [0.4, 0.5) is 19.1 Å². The van der Waals surface area contributed by atoms with Gasteiger partial charge in [0.1, 0.15) is 6.54 Å². The van der Waals surface area contributed by atoms with Crippen LogP contribution in [0.25, 0.3) is 11.4 Å². The number of halogens is 3. The Morgan fingerprint density at radius 3 is 2.50 bits per heavy atom. The number of aromatic nitrogens is 5. The quantitative estimate of drug-likeness (QED) is 0.857. The Bertz CT molecular complexity index is 755. The lowest BCUT2D eigenvalue weighted by atomic mass is 10.2. The fourth-order valence-corrected chi connectivity index (χ4v) is 1.99. The number of hydrogen-bond acceptors (Lipinski definition) is 6. The number of anilines is 1. The van der Waals surface area contributed by atoms with Gasteiger partial charge in [0, 0.05) is 20.3 Å². The second-order valence-electron chi connectivity index (χ2n) is 5.33. The number of primary amides is 1. The van der Waals surface area contributed by atoms with Crippen molar-refractivity contribution in [2.75, 3.05) is 19.0 Å². The first-order chi connectivity index (χ1) is 11.1. The summed E-state index contributed by atoms with van der Waals surface area (Å²) in [5.41, 5.74) is 5.79. The molecule has 2 rings (SSSR count). The molecule has 0 aliphatic rings. The summed E-state index contributed by atoms with van der Waals surface area (Å²) in [6.07, 6.45) is -3.47. The summed E-state index contributed by atoms with van der Waals surface area (Å²) >= 11 is 0. The van der Waals surface area contributed by atoms with E-state index >= 15 is 0 Å². The summed E-state index contributed by atoms with van der Waals surface area (Å²) < 4.78 is 39.0. The molecule has 0 saturated carbocycles. The molecule has 0 saturated heterocycles. The first-order valence-corrected chi connectivity index (χ1v) is 6.87. The molecule has 0 spiro atoms. The molecule has 2 aromatic heterocycles. The van der Waals surface area contributed by atoms with Crippen molar-refractivity contribution in [1.82, 2.24) is 24.7 Å². The fourth-order valence-electron chi connectivity index (χ4n) is 1.99. The molecule has 2 heterocycles. The van der Waals surface area contributed by atoms with E-state index in [0.717, 1.165) is 0 Å². The number of aryl methyl sites for hydroxylation is 1. The minimum atomic E-state index is -4.50. The van der Waals surface area contributed by atoms with E-state index < -0.39 is 18.6 Å². The SMILES string of the molecule is Cc1nc(N(C)C)ncc1-c1nc(CC(N)=O)nn1CC(F)(F)F. The third-order valence-electron chi connectivity index (χ3n) is 2.98. The zero-order chi connectivity index (χ0) is 18.1. The Morgan fingerprint density at radius 2 is 2.00 bits per heavy atom. The number of alkyl halides is 3. The van der Waals surface area contributed by atoms with Crippen LogP contribution >= 0.6 is 0 Å². The Balaban J connectivity index is 2.51. The van der Waals surface area contributed by atoms with Gasteiger partial charge >= 0.3 is 6.18 Å². The van der Waals surface area contributed by atoms with Gasteiger partial charge < -0.3 is 10.6 Å². The molecule has 24 heavy (non-hydrogen) atoms. The minimum Gasteiger partial charge on any atom is -0.369 e. The van der Waals surface area contributed by atoms with Crippen molar-refractivity contribution in [3.05, 3.63) is 17.7 Å². The maximum atomic E-state index is 12.8. The van der Waals surface area contributed by atoms with Gasteiger partial charge in [-0.15, -0.1) is 0 Å². The molecule has 2 aromatic rings. The van der Waals surface area contributed by atoms with Crippen LogP contribution in [0.1, 0.15) is 11.5 Å².